The maximum absolute atomic E-state index is 12.3. The fraction of sp³-hybridized carbons (Fsp3) is 0.240. The van der Waals surface area contributed by atoms with Crippen LogP contribution in [-0.4, -0.2) is 35.6 Å². The molecular weight excluding hydrogens is 485 g/mol. The highest BCUT2D eigenvalue weighted by atomic mass is 35.5. The van der Waals surface area contributed by atoms with Crippen molar-refractivity contribution in [2.24, 2.45) is 0 Å². The van der Waals surface area contributed by atoms with Gasteiger partial charge in [0.2, 0.25) is 0 Å². The summed E-state index contributed by atoms with van der Waals surface area (Å²) in [5.41, 5.74) is 4.78. The van der Waals surface area contributed by atoms with Crippen molar-refractivity contribution in [2.45, 2.75) is 24.5 Å². The number of halogens is 3. The summed E-state index contributed by atoms with van der Waals surface area (Å²) < 4.78 is 5.47. The zero-order chi connectivity index (χ0) is 23.5. The summed E-state index contributed by atoms with van der Waals surface area (Å²) in [6, 6.07) is 19.1. The van der Waals surface area contributed by atoms with E-state index < -0.39 is 18.3 Å². The number of ether oxygens (including phenoxy) is 1. The minimum absolute atomic E-state index is 0.0368. The van der Waals surface area contributed by atoms with Gasteiger partial charge < -0.3 is 20.3 Å². The van der Waals surface area contributed by atoms with Crippen LogP contribution in [0.1, 0.15) is 35.1 Å². The molecule has 0 fully saturated rings. The molecule has 4 rings (SSSR count). The number of aliphatic hydroxyl groups is 2. The van der Waals surface area contributed by atoms with Crippen LogP contribution in [0.15, 0.2) is 60.7 Å². The highest BCUT2D eigenvalue weighted by molar-refractivity contribution is 6.43. The standard InChI is InChI=1S/C25H22Cl3NO4/c26-14-11-19(23(28)21(27)12-14)24(31)22(30)9-10-29-25(32)33-13-20-17-7-3-1-5-15(17)16-6-2-4-8-18(16)20/h1-8,11-12,20,22,24,30-31H,9-10,13H2,(H,29,32). The van der Waals surface area contributed by atoms with Crippen molar-refractivity contribution in [3.63, 3.8) is 0 Å². The molecule has 3 aromatic rings. The lowest BCUT2D eigenvalue weighted by Gasteiger charge is -2.20. The monoisotopic (exact) mass is 505 g/mol. The lowest BCUT2D eigenvalue weighted by molar-refractivity contribution is 0.0137. The molecule has 0 bridgehead atoms. The van der Waals surface area contributed by atoms with Gasteiger partial charge in [-0.3, -0.25) is 0 Å². The number of aliphatic hydroxyl groups excluding tert-OH is 2. The van der Waals surface area contributed by atoms with Gasteiger partial charge in [0.15, 0.2) is 0 Å². The Morgan fingerprint density at radius 2 is 1.58 bits per heavy atom. The Hall–Kier alpha value is -2.28. The molecule has 3 N–H and O–H groups in total. The summed E-state index contributed by atoms with van der Waals surface area (Å²) in [6.07, 6.45) is -3.02. The molecule has 33 heavy (non-hydrogen) atoms. The number of amides is 1. The van der Waals surface area contributed by atoms with Crippen LogP contribution in [0.3, 0.4) is 0 Å². The number of carbonyl (C=O) groups is 1. The van der Waals surface area contributed by atoms with E-state index in [4.69, 9.17) is 39.5 Å². The summed E-state index contributed by atoms with van der Waals surface area (Å²) in [5.74, 6) is -0.0368. The van der Waals surface area contributed by atoms with Gasteiger partial charge in [0.25, 0.3) is 0 Å². The first-order chi connectivity index (χ1) is 15.9. The van der Waals surface area contributed by atoms with E-state index in [2.05, 4.69) is 17.4 Å². The van der Waals surface area contributed by atoms with Gasteiger partial charge in [-0.25, -0.2) is 4.79 Å². The third-order valence-corrected chi connectivity index (χ3v) is 6.79. The SMILES string of the molecule is O=C(NCCC(O)C(O)c1cc(Cl)cc(Cl)c1Cl)OCC1c2ccccc2-c2ccccc21. The topological polar surface area (TPSA) is 78.8 Å². The third kappa shape index (κ3) is 5.13. The van der Waals surface area contributed by atoms with Crippen LogP contribution in [0.4, 0.5) is 4.79 Å². The van der Waals surface area contributed by atoms with Gasteiger partial charge >= 0.3 is 6.09 Å². The second-order valence-corrected chi connectivity index (χ2v) is 9.07. The average Bonchev–Trinajstić information content (AvgIpc) is 3.13. The minimum Gasteiger partial charge on any atom is -0.449 e. The number of carbonyl (C=O) groups excluding carboxylic acids is 1. The summed E-state index contributed by atoms with van der Waals surface area (Å²) in [6.45, 7) is 0.294. The van der Waals surface area contributed by atoms with E-state index in [0.29, 0.717) is 5.02 Å². The van der Waals surface area contributed by atoms with E-state index in [1.165, 1.54) is 12.1 Å². The Kier molecular flexibility index (Phi) is 7.47. The molecule has 0 aliphatic heterocycles. The van der Waals surface area contributed by atoms with Crippen molar-refractivity contribution >= 4 is 40.9 Å². The molecule has 0 saturated carbocycles. The number of hydrogen-bond acceptors (Lipinski definition) is 4. The van der Waals surface area contributed by atoms with Gasteiger partial charge in [-0.05, 0) is 40.8 Å². The highest BCUT2D eigenvalue weighted by Gasteiger charge is 2.29. The van der Waals surface area contributed by atoms with Crippen LogP contribution in [0.25, 0.3) is 11.1 Å². The van der Waals surface area contributed by atoms with E-state index in [1.54, 1.807) is 0 Å². The van der Waals surface area contributed by atoms with Gasteiger partial charge in [-0.2, -0.15) is 0 Å². The molecule has 1 aliphatic carbocycles. The summed E-state index contributed by atoms with van der Waals surface area (Å²) in [7, 11) is 0. The van der Waals surface area contributed by atoms with Crippen LogP contribution in [-0.2, 0) is 4.74 Å². The van der Waals surface area contributed by atoms with Crippen LogP contribution >= 0.6 is 34.8 Å². The zero-order valence-corrected chi connectivity index (χ0v) is 19.7. The molecule has 1 aliphatic rings. The van der Waals surface area contributed by atoms with Crippen molar-refractivity contribution < 1.29 is 19.7 Å². The quantitative estimate of drug-likeness (QED) is 0.345. The van der Waals surface area contributed by atoms with Gasteiger partial charge in [-0.1, -0.05) is 83.3 Å². The molecule has 0 aromatic heterocycles. The number of alkyl carbamates (subject to hydrolysis) is 1. The third-order valence-electron chi connectivity index (χ3n) is 5.76. The summed E-state index contributed by atoms with van der Waals surface area (Å²) in [4.78, 5) is 12.3. The molecular formula is C25H22Cl3NO4. The summed E-state index contributed by atoms with van der Waals surface area (Å²) >= 11 is 18.1. The summed E-state index contributed by atoms with van der Waals surface area (Å²) in [5, 5.41) is 24.0. The van der Waals surface area contributed by atoms with E-state index in [-0.39, 0.29) is 41.1 Å². The Bertz CT molecular complexity index is 1120. The molecule has 172 valence electrons. The number of rotatable bonds is 7. The molecule has 5 nitrogen and oxygen atoms in total. The average molecular weight is 507 g/mol. The van der Waals surface area contributed by atoms with Gasteiger partial charge in [0.05, 0.1) is 16.1 Å². The van der Waals surface area contributed by atoms with Crippen LogP contribution in [0, 0.1) is 0 Å². The van der Waals surface area contributed by atoms with Crippen molar-refractivity contribution in [1.82, 2.24) is 5.32 Å². The molecule has 2 atom stereocenters. The van der Waals surface area contributed by atoms with Crippen molar-refractivity contribution in [2.75, 3.05) is 13.2 Å². The normalized spacial score (nSPS) is 14.3. The first-order valence-corrected chi connectivity index (χ1v) is 11.6. The van der Waals surface area contributed by atoms with Crippen LogP contribution < -0.4 is 5.32 Å². The van der Waals surface area contributed by atoms with E-state index >= 15 is 0 Å². The van der Waals surface area contributed by atoms with Crippen LogP contribution in [0.5, 0.6) is 0 Å². The number of nitrogens with one attached hydrogen (secondary N) is 1. The highest BCUT2D eigenvalue weighted by Crippen LogP contribution is 2.44. The first kappa shape index (κ1) is 23.9. The molecule has 0 heterocycles. The molecule has 0 spiro atoms. The Morgan fingerprint density at radius 1 is 0.970 bits per heavy atom. The molecule has 3 aromatic carbocycles. The zero-order valence-electron chi connectivity index (χ0n) is 17.5. The predicted molar refractivity (Wildman–Crippen MR) is 130 cm³/mol. The molecule has 0 saturated heterocycles. The van der Waals surface area contributed by atoms with Gasteiger partial charge in [-0.15, -0.1) is 0 Å². The Labute approximate surface area is 206 Å². The van der Waals surface area contributed by atoms with Crippen molar-refractivity contribution in [3.8, 4) is 11.1 Å². The molecule has 0 radical (unpaired) electrons. The minimum atomic E-state index is -1.31. The lowest BCUT2D eigenvalue weighted by atomic mass is 9.98. The van der Waals surface area contributed by atoms with E-state index in [1.807, 2.05) is 36.4 Å². The smallest absolute Gasteiger partial charge is 0.407 e. The first-order valence-electron chi connectivity index (χ1n) is 10.5. The fourth-order valence-electron chi connectivity index (χ4n) is 4.13. The number of hydrogen-bond donors (Lipinski definition) is 3. The Morgan fingerprint density at radius 3 is 2.21 bits per heavy atom. The molecule has 1 amide bonds. The lowest BCUT2D eigenvalue weighted by Crippen LogP contribution is -2.30. The molecule has 8 heteroatoms. The fourth-order valence-corrected chi connectivity index (χ4v) is 4.86. The second kappa shape index (κ2) is 10.3. The van der Waals surface area contributed by atoms with E-state index in [9.17, 15) is 15.0 Å². The van der Waals surface area contributed by atoms with Gasteiger partial charge in [0, 0.05) is 23.0 Å². The Balaban J connectivity index is 1.30. The van der Waals surface area contributed by atoms with Gasteiger partial charge in [0.1, 0.15) is 12.7 Å². The second-order valence-electron chi connectivity index (χ2n) is 7.84. The maximum atomic E-state index is 12.3. The predicted octanol–water partition coefficient (Wildman–Crippen LogP) is 5.97. The molecule has 2 unspecified atom stereocenters. The maximum Gasteiger partial charge on any atom is 0.407 e. The largest absolute Gasteiger partial charge is 0.449 e. The number of fused-ring (bicyclic) bond motifs is 3. The van der Waals surface area contributed by atoms with Crippen LogP contribution in [0.2, 0.25) is 15.1 Å². The van der Waals surface area contributed by atoms with Crippen molar-refractivity contribution in [1.29, 1.82) is 0 Å². The van der Waals surface area contributed by atoms with Crippen molar-refractivity contribution in [3.05, 3.63) is 92.4 Å². The number of benzene rings is 3. The van der Waals surface area contributed by atoms with E-state index in [0.717, 1.165) is 22.3 Å².